The number of nitrogens with one attached hydrogen (secondary N) is 1. The van der Waals surface area contributed by atoms with E-state index < -0.39 is 0 Å². The number of amides is 1. The van der Waals surface area contributed by atoms with Gasteiger partial charge in [-0.1, -0.05) is 19.9 Å². The van der Waals surface area contributed by atoms with E-state index >= 15 is 0 Å². The van der Waals surface area contributed by atoms with Gasteiger partial charge in [-0.05, 0) is 53.7 Å². The van der Waals surface area contributed by atoms with E-state index in [2.05, 4.69) is 35.1 Å². The highest BCUT2D eigenvalue weighted by Gasteiger charge is 2.35. The third kappa shape index (κ3) is 3.58. The lowest BCUT2D eigenvalue weighted by Crippen LogP contribution is -2.48. The fourth-order valence-electron chi connectivity index (χ4n) is 2.88. The molecule has 1 atom stereocenters. The van der Waals surface area contributed by atoms with Gasteiger partial charge in [0.1, 0.15) is 0 Å². The Kier molecular flexibility index (Phi) is 5.27. The molecule has 3 N–H and O–H groups in total. The Morgan fingerprint density at radius 2 is 2.19 bits per heavy atom. The van der Waals surface area contributed by atoms with Crippen molar-refractivity contribution in [1.82, 2.24) is 5.32 Å². The number of benzene rings is 1. The minimum atomic E-state index is -0.0941. The molecule has 0 aliphatic carbocycles. The van der Waals surface area contributed by atoms with E-state index in [0.29, 0.717) is 22.3 Å². The van der Waals surface area contributed by atoms with Crippen molar-refractivity contribution < 1.29 is 9.53 Å². The summed E-state index contributed by atoms with van der Waals surface area (Å²) in [4.78, 5) is 12.4. The molecule has 1 aliphatic rings. The lowest BCUT2D eigenvalue weighted by Gasteiger charge is -2.40. The van der Waals surface area contributed by atoms with Gasteiger partial charge in [-0.2, -0.15) is 0 Å². The number of nitrogen functional groups attached to an aromatic ring is 1. The van der Waals surface area contributed by atoms with Crippen LogP contribution in [0.5, 0.6) is 0 Å². The van der Waals surface area contributed by atoms with Crippen LogP contribution in [0.25, 0.3) is 0 Å². The summed E-state index contributed by atoms with van der Waals surface area (Å²) in [7, 11) is 0. The van der Waals surface area contributed by atoms with Crippen molar-refractivity contribution in [3.05, 3.63) is 28.2 Å². The molecule has 116 valence electrons. The normalized spacial score (nSPS) is 21.0. The number of halogens is 1. The average Bonchev–Trinajstić information content (AvgIpc) is 2.50. The molecule has 2 rings (SSSR count). The van der Waals surface area contributed by atoms with Crippen molar-refractivity contribution in [1.29, 1.82) is 0 Å². The lowest BCUT2D eigenvalue weighted by molar-refractivity contribution is -0.0917. The zero-order valence-corrected chi connectivity index (χ0v) is 14.2. The number of ether oxygens (including phenoxy) is 1. The molecule has 1 aromatic carbocycles. The first kappa shape index (κ1) is 16.3. The van der Waals surface area contributed by atoms with E-state index in [9.17, 15) is 4.79 Å². The van der Waals surface area contributed by atoms with Crippen molar-refractivity contribution in [2.45, 2.75) is 51.2 Å². The average molecular weight is 355 g/mol. The van der Waals surface area contributed by atoms with Crippen molar-refractivity contribution in [2.75, 3.05) is 12.3 Å². The second kappa shape index (κ2) is 6.79. The number of carbonyl (C=O) groups excluding carboxylic acids is 1. The van der Waals surface area contributed by atoms with Crippen LogP contribution in [0.4, 0.5) is 5.69 Å². The molecule has 1 aromatic rings. The summed E-state index contributed by atoms with van der Waals surface area (Å²) in [6.45, 7) is 4.98. The van der Waals surface area contributed by atoms with Gasteiger partial charge in [0.25, 0.3) is 5.91 Å². The molecule has 0 spiro atoms. The van der Waals surface area contributed by atoms with Crippen molar-refractivity contribution in [3.63, 3.8) is 0 Å². The van der Waals surface area contributed by atoms with Crippen LogP contribution in [0.1, 0.15) is 49.9 Å². The SMILES string of the molecule is CCC1(CC)CC(NC(=O)c2cccc(N)c2Br)CCO1. The fraction of sp³-hybridized carbons (Fsp3) is 0.562. The van der Waals surface area contributed by atoms with Gasteiger partial charge in [0.05, 0.1) is 15.6 Å². The Hall–Kier alpha value is -1.07. The monoisotopic (exact) mass is 354 g/mol. The zero-order chi connectivity index (χ0) is 15.5. The van der Waals surface area contributed by atoms with Crippen LogP contribution in [0, 0.1) is 0 Å². The van der Waals surface area contributed by atoms with Crippen molar-refractivity contribution >= 4 is 27.5 Å². The van der Waals surface area contributed by atoms with Gasteiger partial charge < -0.3 is 15.8 Å². The molecule has 0 aromatic heterocycles. The molecule has 0 radical (unpaired) electrons. The highest BCUT2D eigenvalue weighted by atomic mass is 79.9. The number of anilines is 1. The molecule has 1 unspecified atom stereocenters. The summed E-state index contributed by atoms with van der Waals surface area (Å²) in [5, 5.41) is 3.12. The Bertz CT molecular complexity index is 515. The first-order valence-electron chi connectivity index (χ1n) is 7.50. The molecule has 1 fully saturated rings. The molecule has 1 heterocycles. The molecule has 5 heteroatoms. The molecule has 0 saturated carbocycles. The van der Waals surface area contributed by atoms with E-state index in [4.69, 9.17) is 10.5 Å². The topological polar surface area (TPSA) is 64.4 Å². The van der Waals surface area contributed by atoms with Crippen LogP contribution in [0.15, 0.2) is 22.7 Å². The number of nitrogens with two attached hydrogens (primary N) is 1. The first-order valence-corrected chi connectivity index (χ1v) is 8.29. The van der Waals surface area contributed by atoms with E-state index in [0.717, 1.165) is 25.7 Å². The third-order valence-corrected chi connectivity index (χ3v) is 5.28. The summed E-state index contributed by atoms with van der Waals surface area (Å²) in [6.07, 6.45) is 3.66. The summed E-state index contributed by atoms with van der Waals surface area (Å²) in [5.74, 6) is -0.0813. The molecule has 21 heavy (non-hydrogen) atoms. The Labute approximate surface area is 134 Å². The van der Waals surface area contributed by atoms with E-state index in [1.54, 1.807) is 18.2 Å². The van der Waals surface area contributed by atoms with Gasteiger partial charge in [-0.3, -0.25) is 4.79 Å². The van der Waals surface area contributed by atoms with Crippen molar-refractivity contribution in [2.24, 2.45) is 0 Å². The Balaban J connectivity index is 2.07. The maximum absolute atomic E-state index is 12.4. The molecular weight excluding hydrogens is 332 g/mol. The van der Waals surface area contributed by atoms with Crippen LogP contribution in [-0.4, -0.2) is 24.2 Å². The maximum Gasteiger partial charge on any atom is 0.252 e. The summed E-state index contributed by atoms with van der Waals surface area (Å²) in [5.41, 5.74) is 6.90. The van der Waals surface area contributed by atoms with Crippen molar-refractivity contribution in [3.8, 4) is 0 Å². The summed E-state index contributed by atoms with van der Waals surface area (Å²) >= 11 is 3.38. The second-order valence-corrected chi connectivity index (χ2v) is 6.40. The van der Waals surface area contributed by atoms with Gasteiger partial charge in [0.2, 0.25) is 0 Å². The highest BCUT2D eigenvalue weighted by molar-refractivity contribution is 9.10. The smallest absolute Gasteiger partial charge is 0.252 e. The van der Waals surface area contributed by atoms with Crippen LogP contribution >= 0.6 is 15.9 Å². The molecule has 1 saturated heterocycles. The van der Waals surface area contributed by atoms with Crippen LogP contribution < -0.4 is 11.1 Å². The lowest BCUT2D eigenvalue weighted by atomic mass is 9.86. The number of rotatable bonds is 4. The second-order valence-electron chi connectivity index (χ2n) is 5.61. The number of carbonyl (C=O) groups is 1. The van der Waals surface area contributed by atoms with Gasteiger partial charge in [-0.25, -0.2) is 0 Å². The first-order chi connectivity index (χ1) is 10.0. The van der Waals surface area contributed by atoms with Crippen LogP contribution in [0.3, 0.4) is 0 Å². The molecule has 0 bridgehead atoms. The van der Waals surface area contributed by atoms with Gasteiger partial charge in [0.15, 0.2) is 0 Å². The minimum absolute atomic E-state index is 0.0813. The molecule has 1 aliphatic heterocycles. The van der Waals surface area contributed by atoms with Crippen LogP contribution in [0.2, 0.25) is 0 Å². The predicted molar refractivity (Wildman–Crippen MR) is 88.3 cm³/mol. The van der Waals surface area contributed by atoms with Gasteiger partial charge in [-0.15, -0.1) is 0 Å². The Morgan fingerprint density at radius 1 is 1.48 bits per heavy atom. The quantitative estimate of drug-likeness (QED) is 0.813. The third-order valence-electron chi connectivity index (χ3n) is 4.39. The Morgan fingerprint density at radius 3 is 2.86 bits per heavy atom. The minimum Gasteiger partial charge on any atom is -0.398 e. The summed E-state index contributed by atoms with van der Waals surface area (Å²) < 4.78 is 6.60. The zero-order valence-electron chi connectivity index (χ0n) is 12.6. The number of hydrogen-bond acceptors (Lipinski definition) is 3. The fourth-order valence-corrected chi connectivity index (χ4v) is 3.33. The highest BCUT2D eigenvalue weighted by Crippen LogP contribution is 2.32. The van der Waals surface area contributed by atoms with Gasteiger partial charge in [0, 0.05) is 18.3 Å². The molecule has 4 nitrogen and oxygen atoms in total. The maximum atomic E-state index is 12.4. The molecular formula is C16H23BrN2O2. The number of hydrogen-bond donors (Lipinski definition) is 2. The van der Waals surface area contributed by atoms with E-state index in [1.807, 2.05) is 0 Å². The standard InChI is InChI=1S/C16H23BrN2O2/c1-3-16(4-2)10-11(8-9-21-16)19-15(20)12-6-5-7-13(18)14(12)17/h5-7,11H,3-4,8-10,18H2,1-2H3,(H,19,20). The van der Waals surface area contributed by atoms with E-state index in [1.165, 1.54) is 0 Å². The molecule has 1 amide bonds. The van der Waals surface area contributed by atoms with E-state index in [-0.39, 0.29) is 17.6 Å². The summed E-state index contributed by atoms with van der Waals surface area (Å²) in [6, 6.07) is 5.50. The van der Waals surface area contributed by atoms with Crippen LogP contribution in [-0.2, 0) is 4.74 Å². The predicted octanol–water partition coefficient (Wildman–Crippen LogP) is 3.50. The van der Waals surface area contributed by atoms with Gasteiger partial charge >= 0.3 is 0 Å². The largest absolute Gasteiger partial charge is 0.398 e.